The summed E-state index contributed by atoms with van der Waals surface area (Å²) in [5.74, 6) is 1.43. The summed E-state index contributed by atoms with van der Waals surface area (Å²) in [5, 5.41) is 8.15. The van der Waals surface area contributed by atoms with Crippen molar-refractivity contribution in [2.75, 3.05) is 5.32 Å². The molecule has 1 saturated carbocycles. The second-order valence-electron chi connectivity index (χ2n) is 7.80. The van der Waals surface area contributed by atoms with Crippen LogP contribution in [0.3, 0.4) is 0 Å². The molecule has 1 aliphatic carbocycles. The Morgan fingerprint density at radius 1 is 1.14 bits per heavy atom. The second kappa shape index (κ2) is 8.03. The van der Waals surface area contributed by atoms with Crippen molar-refractivity contribution in [3.8, 4) is 5.69 Å². The molecule has 0 aliphatic heterocycles. The van der Waals surface area contributed by atoms with E-state index in [0.717, 1.165) is 41.2 Å². The molecule has 0 saturated heterocycles. The number of hydrogen-bond acceptors (Lipinski definition) is 4. The van der Waals surface area contributed by atoms with E-state index in [0.29, 0.717) is 11.1 Å². The van der Waals surface area contributed by atoms with Crippen molar-refractivity contribution in [2.24, 2.45) is 0 Å². The van der Waals surface area contributed by atoms with Crippen molar-refractivity contribution < 1.29 is 4.79 Å². The molecule has 6 heteroatoms. The number of amides is 1. The van der Waals surface area contributed by atoms with Gasteiger partial charge in [-0.1, -0.05) is 47.7 Å². The Morgan fingerprint density at radius 3 is 2.41 bits per heavy atom. The smallest absolute Gasteiger partial charge is 0.237 e. The largest absolute Gasteiger partial charge is 0.325 e. The molecular formula is C23H26N4OS. The molecule has 3 aromatic rings. The van der Waals surface area contributed by atoms with Crippen LogP contribution in [0, 0.1) is 20.8 Å². The minimum absolute atomic E-state index is 0.0333. The lowest BCUT2D eigenvalue weighted by atomic mass is 10.1. The Balaban J connectivity index is 1.51. The minimum atomic E-state index is -0.297. The van der Waals surface area contributed by atoms with Crippen LogP contribution in [0.2, 0.25) is 0 Å². The van der Waals surface area contributed by atoms with Crippen LogP contribution in [-0.4, -0.2) is 25.9 Å². The highest BCUT2D eigenvalue weighted by Crippen LogP contribution is 2.40. The predicted octanol–water partition coefficient (Wildman–Crippen LogP) is 5.19. The van der Waals surface area contributed by atoms with E-state index in [1.807, 2.05) is 55.8 Å². The first kappa shape index (κ1) is 19.7. The van der Waals surface area contributed by atoms with Crippen molar-refractivity contribution in [3.63, 3.8) is 0 Å². The van der Waals surface area contributed by atoms with Gasteiger partial charge < -0.3 is 5.32 Å². The van der Waals surface area contributed by atoms with Crippen LogP contribution < -0.4 is 5.32 Å². The fraction of sp³-hybridized carbons (Fsp3) is 0.348. The van der Waals surface area contributed by atoms with Gasteiger partial charge in [0.1, 0.15) is 5.82 Å². The van der Waals surface area contributed by atoms with Gasteiger partial charge in [-0.25, -0.2) is 9.67 Å². The highest BCUT2D eigenvalue weighted by Gasteiger charge is 2.31. The molecule has 1 amide bonds. The maximum absolute atomic E-state index is 12.8. The van der Waals surface area contributed by atoms with Crippen molar-refractivity contribution in [1.29, 1.82) is 0 Å². The predicted molar refractivity (Wildman–Crippen MR) is 118 cm³/mol. The molecule has 1 heterocycles. The van der Waals surface area contributed by atoms with Gasteiger partial charge in [-0.2, -0.15) is 0 Å². The molecule has 5 nitrogen and oxygen atoms in total. The Bertz CT molecular complexity index is 1020. The summed E-state index contributed by atoms with van der Waals surface area (Å²) in [7, 11) is 0. The van der Waals surface area contributed by atoms with Gasteiger partial charge in [0, 0.05) is 11.6 Å². The molecule has 1 N–H and O–H groups in total. The lowest BCUT2D eigenvalue weighted by Gasteiger charge is -2.15. The number of aromatic nitrogens is 3. The number of para-hydroxylation sites is 1. The van der Waals surface area contributed by atoms with Crippen LogP contribution in [-0.2, 0) is 4.79 Å². The third kappa shape index (κ3) is 4.37. The fourth-order valence-corrected chi connectivity index (χ4v) is 4.29. The molecule has 1 atom stereocenters. The topological polar surface area (TPSA) is 59.8 Å². The maximum atomic E-state index is 12.8. The van der Waals surface area contributed by atoms with Crippen LogP contribution in [0.4, 0.5) is 5.69 Å². The molecule has 29 heavy (non-hydrogen) atoms. The minimum Gasteiger partial charge on any atom is -0.325 e. The maximum Gasteiger partial charge on any atom is 0.237 e. The fourth-order valence-electron chi connectivity index (χ4n) is 3.53. The average Bonchev–Trinajstić information content (AvgIpc) is 3.45. The number of nitrogens with one attached hydrogen (secondary N) is 1. The van der Waals surface area contributed by atoms with Crippen molar-refractivity contribution in [1.82, 2.24) is 14.8 Å². The number of rotatable bonds is 6. The number of benzene rings is 2. The van der Waals surface area contributed by atoms with Gasteiger partial charge in [-0.15, -0.1) is 5.10 Å². The zero-order chi connectivity index (χ0) is 20.5. The highest BCUT2D eigenvalue weighted by molar-refractivity contribution is 8.00. The monoisotopic (exact) mass is 406 g/mol. The van der Waals surface area contributed by atoms with Crippen LogP contribution in [0.1, 0.15) is 48.2 Å². The normalized spacial score (nSPS) is 14.6. The van der Waals surface area contributed by atoms with E-state index in [4.69, 9.17) is 10.1 Å². The van der Waals surface area contributed by atoms with E-state index in [-0.39, 0.29) is 11.2 Å². The summed E-state index contributed by atoms with van der Waals surface area (Å²) in [6.45, 7) is 8.02. The number of carbonyl (C=O) groups excluding carboxylic acids is 1. The third-order valence-electron chi connectivity index (χ3n) is 5.13. The van der Waals surface area contributed by atoms with Crippen LogP contribution in [0.25, 0.3) is 5.69 Å². The Labute approximate surface area is 175 Å². The highest BCUT2D eigenvalue weighted by atomic mass is 32.2. The van der Waals surface area contributed by atoms with Gasteiger partial charge in [-0.05, 0) is 63.8 Å². The molecule has 0 spiro atoms. The first-order valence-corrected chi connectivity index (χ1v) is 10.9. The molecule has 1 aliphatic rings. The molecular weight excluding hydrogens is 380 g/mol. The molecule has 1 unspecified atom stereocenters. The van der Waals surface area contributed by atoms with E-state index < -0.39 is 0 Å². The van der Waals surface area contributed by atoms with E-state index >= 15 is 0 Å². The molecule has 4 rings (SSSR count). The molecule has 0 radical (unpaired) electrons. The van der Waals surface area contributed by atoms with Crippen LogP contribution >= 0.6 is 11.8 Å². The number of thioether (sulfide) groups is 1. The van der Waals surface area contributed by atoms with Gasteiger partial charge >= 0.3 is 0 Å². The van der Waals surface area contributed by atoms with E-state index in [9.17, 15) is 4.79 Å². The Morgan fingerprint density at radius 2 is 1.79 bits per heavy atom. The van der Waals surface area contributed by atoms with Crippen LogP contribution in [0.15, 0.2) is 47.6 Å². The lowest BCUT2D eigenvalue weighted by molar-refractivity contribution is -0.115. The number of anilines is 1. The molecule has 0 bridgehead atoms. The SMILES string of the molecule is Cc1cc(C)c(NC(=O)C(C)Sc2nc(C3CC3)n(-c3ccccc3)n2)c(C)c1. The third-order valence-corrected chi connectivity index (χ3v) is 6.08. The van der Waals surface area contributed by atoms with E-state index in [2.05, 4.69) is 24.4 Å². The van der Waals surface area contributed by atoms with Gasteiger partial charge in [0.25, 0.3) is 0 Å². The van der Waals surface area contributed by atoms with Crippen molar-refractivity contribution >= 4 is 23.4 Å². The van der Waals surface area contributed by atoms with Crippen LogP contribution in [0.5, 0.6) is 0 Å². The quantitative estimate of drug-likeness (QED) is 0.572. The molecule has 1 fully saturated rings. The zero-order valence-corrected chi connectivity index (χ0v) is 18.1. The molecule has 150 valence electrons. The lowest BCUT2D eigenvalue weighted by Crippen LogP contribution is -2.23. The Hall–Kier alpha value is -2.60. The summed E-state index contributed by atoms with van der Waals surface area (Å²) in [5.41, 5.74) is 5.26. The first-order valence-electron chi connectivity index (χ1n) is 10.00. The first-order chi connectivity index (χ1) is 13.9. The molecule has 2 aromatic carbocycles. The summed E-state index contributed by atoms with van der Waals surface area (Å²) in [6, 6.07) is 14.2. The average molecular weight is 407 g/mol. The second-order valence-corrected chi connectivity index (χ2v) is 9.11. The van der Waals surface area contributed by atoms with E-state index in [1.54, 1.807) is 0 Å². The standard InChI is InChI=1S/C23H26N4OS/c1-14-12-15(2)20(16(3)13-14)24-22(28)17(4)29-23-25-21(18-10-11-18)27(26-23)19-8-6-5-7-9-19/h5-9,12-13,17-18H,10-11H2,1-4H3,(H,24,28). The van der Waals surface area contributed by atoms with Gasteiger partial charge in [0.05, 0.1) is 10.9 Å². The van der Waals surface area contributed by atoms with Gasteiger partial charge in [-0.3, -0.25) is 4.79 Å². The number of hydrogen-bond donors (Lipinski definition) is 1. The summed E-state index contributed by atoms with van der Waals surface area (Å²) >= 11 is 1.41. The van der Waals surface area contributed by atoms with Crippen molar-refractivity contribution in [3.05, 3.63) is 65.0 Å². The summed E-state index contributed by atoms with van der Waals surface area (Å²) < 4.78 is 1.93. The Kier molecular flexibility index (Phi) is 5.46. The van der Waals surface area contributed by atoms with Crippen molar-refractivity contribution in [2.45, 2.75) is 56.9 Å². The van der Waals surface area contributed by atoms with Gasteiger partial charge in [0.15, 0.2) is 0 Å². The van der Waals surface area contributed by atoms with Gasteiger partial charge in [0.2, 0.25) is 11.1 Å². The molecule has 1 aromatic heterocycles. The summed E-state index contributed by atoms with van der Waals surface area (Å²) in [6.07, 6.45) is 2.30. The van der Waals surface area contributed by atoms with E-state index in [1.165, 1.54) is 17.3 Å². The number of aryl methyl sites for hydroxylation is 3. The number of carbonyl (C=O) groups is 1. The summed E-state index contributed by atoms with van der Waals surface area (Å²) in [4.78, 5) is 17.6. The zero-order valence-electron chi connectivity index (χ0n) is 17.3. The number of nitrogens with zero attached hydrogens (tertiary/aromatic N) is 3.